The third-order valence-corrected chi connectivity index (χ3v) is 5.23. The maximum Gasteiger partial charge on any atom is 0.267 e. The molecule has 1 heterocycles. The monoisotopic (exact) mass is 346 g/mol. The molecule has 0 aliphatic carbocycles. The Balaban J connectivity index is 2.09. The van der Waals surface area contributed by atoms with E-state index in [0.29, 0.717) is 17.1 Å². The Hall–Kier alpha value is -2.67. The lowest BCUT2D eigenvalue weighted by molar-refractivity contribution is 0.381. The van der Waals surface area contributed by atoms with E-state index in [1.54, 1.807) is 43.3 Å². The molecular formula is C17H15FN2O3S. The smallest absolute Gasteiger partial charge is 0.267 e. The molecule has 0 atom stereocenters. The molecule has 3 aromatic rings. The molecule has 124 valence electrons. The molecule has 0 amide bonds. The van der Waals surface area contributed by atoms with Crippen LogP contribution in [0.1, 0.15) is 11.5 Å². The van der Waals surface area contributed by atoms with Crippen molar-refractivity contribution in [2.75, 3.05) is 4.31 Å². The maximum atomic E-state index is 14.1. The first kappa shape index (κ1) is 16.2. The molecule has 0 aliphatic heterocycles. The lowest BCUT2D eigenvalue weighted by Gasteiger charge is -2.23. The van der Waals surface area contributed by atoms with E-state index in [1.165, 1.54) is 18.2 Å². The number of aromatic nitrogens is 1. The Kier molecular flexibility index (Phi) is 4.35. The molecule has 0 saturated carbocycles. The van der Waals surface area contributed by atoms with E-state index in [9.17, 15) is 12.8 Å². The van der Waals surface area contributed by atoms with Crippen LogP contribution in [0.5, 0.6) is 0 Å². The number of halogens is 1. The molecule has 0 bridgehead atoms. The zero-order chi connectivity index (χ0) is 17.2. The molecule has 0 N–H and O–H groups in total. The highest BCUT2D eigenvalue weighted by Crippen LogP contribution is 2.27. The van der Waals surface area contributed by atoms with Crippen molar-refractivity contribution in [1.29, 1.82) is 0 Å². The van der Waals surface area contributed by atoms with E-state index in [1.807, 2.05) is 0 Å². The quantitative estimate of drug-likeness (QED) is 0.709. The standard InChI is InChI=1S/C17H15FN2O3S/c1-13-11-15(23-19-13)12-20(14-7-3-2-4-8-14)24(21,22)17-10-6-5-9-16(17)18/h2-11H,12H2,1H3. The normalized spacial score (nSPS) is 11.4. The van der Waals surface area contributed by atoms with Crippen LogP contribution in [-0.4, -0.2) is 13.6 Å². The fourth-order valence-corrected chi connectivity index (χ4v) is 3.81. The van der Waals surface area contributed by atoms with Gasteiger partial charge < -0.3 is 4.52 Å². The second-order valence-electron chi connectivity index (χ2n) is 5.21. The summed E-state index contributed by atoms with van der Waals surface area (Å²) in [6.45, 7) is 1.66. The molecular weight excluding hydrogens is 331 g/mol. The first-order valence-corrected chi connectivity index (χ1v) is 8.67. The molecule has 0 unspecified atom stereocenters. The van der Waals surface area contributed by atoms with Crippen LogP contribution in [-0.2, 0) is 16.6 Å². The molecule has 24 heavy (non-hydrogen) atoms. The largest absolute Gasteiger partial charge is 0.359 e. The third-order valence-electron chi connectivity index (χ3n) is 3.43. The zero-order valence-electron chi connectivity index (χ0n) is 12.9. The number of hydrogen-bond donors (Lipinski definition) is 0. The first-order valence-electron chi connectivity index (χ1n) is 7.23. The van der Waals surface area contributed by atoms with Gasteiger partial charge in [0, 0.05) is 6.07 Å². The van der Waals surface area contributed by atoms with Gasteiger partial charge in [0.15, 0.2) is 5.76 Å². The van der Waals surface area contributed by atoms with E-state index in [0.717, 1.165) is 10.4 Å². The van der Waals surface area contributed by atoms with Crippen LogP contribution >= 0.6 is 0 Å². The van der Waals surface area contributed by atoms with Gasteiger partial charge in [0.2, 0.25) is 0 Å². The van der Waals surface area contributed by atoms with Crippen LogP contribution in [0, 0.1) is 12.7 Å². The van der Waals surface area contributed by atoms with Gasteiger partial charge in [-0.2, -0.15) is 0 Å². The van der Waals surface area contributed by atoms with Gasteiger partial charge in [-0.05, 0) is 31.2 Å². The van der Waals surface area contributed by atoms with Gasteiger partial charge in [0.25, 0.3) is 10.0 Å². The van der Waals surface area contributed by atoms with E-state index >= 15 is 0 Å². The second-order valence-corrected chi connectivity index (χ2v) is 7.04. The van der Waals surface area contributed by atoms with Crippen molar-refractivity contribution in [2.45, 2.75) is 18.4 Å². The van der Waals surface area contributed by atoms with Crippen molar-refractivity contribution in [3.05, 3.63) is 77.9 Å². The van der Waals surface area contributed by atoms with Crippen LogP contribution in [0.3, 0.4) is 0 Å². The predicted octanol–water partition coefficient (Wildman–Crippen LogP) is 3.52. The fraction of sp³-hybridized carbons (Fsp3) is 0.118. The van der Waals surface area contributed by atoms with Crippen LogP contribution in [0.2, 0.25) is 0 Å². The Labute approximate surface area is 139 Å². The van der Waals surface area contributed by atoms with Gasteiger partial charge in [-0.25, -0.2) is 12.8 Å². The topological polar surface area (TPSA) is 63.4 Å². The lowest BCUT2D eigenvalue weighted by atomic mass is 10.3. The number of rotatable bonds is 5. The zero-order valence-corrected chi connectivity index (χ0v) is 13.7. The summed E-state index contributed by atoms with van der Waals surface area (Å²) >= 11 is 0. The summed E-state index contributed by atoms with van der Waals surface area (Å²) in [6.07, 6.45) is 0. The number of anilines is 1. The Morgan fingerprint density at radius 2 is 1.75 bits per heavy atom. The van der Waals surface area contributed by atoms with Crippen molar-refractivity contribution >= 4 is 15.7 Å². The minimum atomic E-state index is -4.10. The Morgan fingerprint density at radius 1 is 1.08 bits per heavy atom. The van der Waals surface area contributed by atoms with Crippen LogP contribution in [0.4, 0.5) is 10.1 Å². The molecule has 0 saturated heterocycles. The minimum absolute atomic E-state index is 0.0818. The average molecular weight is 346 g/mol. The molecule has 0 aliphatic rings. The van der Waals surface area contributed by atoms with Crippen LogP contribution in [0.15, 0.2) is 70.1 Å². The molecule has 0 radical (unpaired) electrons. The third kappa shape index (κ3) is 3.16. The SMILES string of the molecule is Cc1cc(CN(c2ccccc2)S(=O)(=O)c2ccccc2F)on1. The summed E-state index contributed by atoms with van der Waals surface area (Å²) in [7, 11) is -4.10. The van der Waals surface area contributed by atoms with Gasteiger partial charge >= 0.3 is 0 Å². The van der Waals surface area contributed by atoms with Crippen LogP contribution in [0.25, 0.3) is 0 Å². The predicted molar refractivity (Wildman–Crippen MR) is 87.5 cm³/mol. The summed E-state index contributed by atoms with van der Waals surface area (Å²) in [6, 6.07) is 15.4. The van der Waals surface area contributed by atoms with E-state index < -0.39 is 15.8 Å². The average Bonchev–Trinajstić information content (AvgIpc) is 2.99. The van der Waals surface area contributed by atoms with Gasteiger partial charge in [-0.15, -0.1) is 0 Å². The fourth-order valence-electron chi connectivity index (χ4n) is 2.31. The summed E-state index contributed by atoms with van der Waals surface area (Å²) in [5.41, 5.74) is 1.05. The second kappa shape index (κ2) is 6.45. The Morgan fingerprint density at radius 3 is 2.38 bits per heavy atom. The molecule has 2 aromatic carbocycles. The van der Waals surface area contributed by atoms with Gasteiger partial charge in [0.05, 0.1) is 17.9 Å². The van der Waals surface area contributed by atoms with Gasteiger partial charge in [-0.3, -0.25) is 4.31 Å². The molecule has 5 nitrogen and oxygen atoms in total. The molecule has 3 rings (SSSR count). The number of aryl methyl sites for hydroxylation is 1. The number of nitrogens with zero attached hydrogens (tertiary/aromatic N) is 2. The van der Waals surface area contributed by atoms with E-state index in [-0.39, 0.29) is 11.4 Å². The number of para-hydroxylation sites is 1. The van der Waals surface area contributed by atoms with Gasteiger partial charge in [-0.1, -0.05) is 35.5 Å². The summed E-state index contributed by atoms with van der Waals surface area (Å²) in [5.74, 6) is -0.427. The highest BCUT2D eigenvalue weighted by atomic mass is 32.2. The van der Waals surface area contributed by atoms with Crippen molar-refractivity contribution in [1.82, 2.24) is 5.16 Å². The minimum Gasteiger partial charge on any atom is -0.359 e. The highest BCUT2D eigenvalue weighted by Gasteiger charge is 2.28. The number of benzene rings is 2. The van der Waals surface area contributed by atoms with Crippen molar-refractivity contribution < 1.29 is 17.3 Å². The van der Waals surface area contributed by atoms with Crippen molar-refractivity contribution in [3.8, 4) is 0 Å². The van der Waals surface area contributed by atoms with E-state index in [2.05, 4.69) is 5.16 Å². The molecule has 7 heteroatoms. The molecule has 1 aromatic heterocycles. The van der Waals surface area contributed by atoms with E-state index in [4.69, 9.17) is 4.52 Å². The summed E-state index contributed by atoms with van der Waals surface area (Å²) < 4.78 is 46.3. The molecule has 0 fully saturated rings. The highest BCUT2D eigenvalue weighted by molar-refractivity contribution is 7.92. The lowest BCUT2D eigenvalue weighted by Crippen LogP contribution is -2.31. The van der Waals surface area contributed by atoms with Crippen LogP contribution < -0.4 is 4.31 Å². The van der Waals surface area contributed by atoms with Crippen molar-refractivity contribution in [2.24, 2.45) is 0 Å². The van der Waals surface area contributed by atoms with Gasteiger partial charge in [0.1, 0.15) is 10.7 Å². The number of sulfonamides is 1. The first-order chi connectivity index (χ1) is 11.5. The number of hydrogen-bond acceptors (Lipinski definition) is 4. The summed E-state index contributed by atoms with van der Waals surface area (Å²) in [4.78, 5) is -0.384. The van der Waals surface area contributed by atoms with Crippen molar-refractivity contribution in [3.63, 3.8) is 0 Å². The molecule has 0 spiro atoms. The Bertz CT molecular complexity index is 939. The maximum absolute atomic E-state index is 14.1. The summed E-state index contributed by atoms with van der Waals surface area (Å²) in [5, 5.41) is 3.77.